The van der Waals surface area contributed by atoms with Crippen LogP contribution in [0, 0.1) is 6.92 Å². The number of carbonyl (C=O) groups is 2. The maximum absolute atomic E-state index is 13.4. The maximum atomic E-state index is 13.4. The highest BCUT2D eigenvalue weighted by molar-refractivity contribution is 6.30. The average molecular weight is 477 g/mol. The van der Waals surface area contributed by atoms with E-state index in [4.69, 9.17) is 16.3 Å². The fraction of sp³-hybridized carbons (Fsp3) is 0.185. The number of nitrogens with one attached hydrogen (secondary N) is 1. The van der Waals surface area contributed by atoms with Crippen molar-refractivity contribution in [2.45, 2.75) is 19.8 Å². The lowest BCUT2D eigenvalue weighted by Crippen LogP contribution is -2.27. The first-order chi connectivity index (χ1) is 16.4. The second-order valence-electron chi connectivity index (χ2n) is 8.04. The van der Waals surface area contributed by atoms with Crippen molar-refractivity contribution in [3.63, 3.8) is 0 Å². The maximum Gasteiger partial charge on any atom is 0.262 e. The Morgan fingerprint density at radius 3 is 2.41 bits per heavy atom. The molecule has 1 heterocycles. The molecule has 1 amide bonds. The zero-order valence-electron chi connectivity index (χ0n) is 19.0. The molecular weight excluding hydrogens is 452 g/mol. The fourth-order valence-electron chi connectivity index (χ4n) is 4.03. The molecule has 0 bridgehead atoms. The second kappa shape index (κ2) is 10.0. The molecule has 0 saturated carbocycles. The molecule has 0 saturated heterocycles. The van der Waals surface area contributed by atoms with E-state index in [0.717, 1.165) is 16.5 Å². The van der Waals surface area contributed by atoms with Gasteiger partial charge in [0.05, 0.1) is 19.0 Å². The summed E-state index contributed by atoms with van der Waals surface area (Å²) in [6.45, 7) is 2.31. The highest BCUT2D eigenvalue weighted by atomic mass is 35.5. The van der Waals surface area contributed by atoms with E-state index < -0.39 is 0 Å². The number of hydrogen-bond donors (Lipinski definition) is 2. The zero-order chi connectivity index (χ0) is 24.2. The number of phenolic OH excluding ortho intramolecular Hbond substituents is 1. The van der Waals surface area contributed by atoms with Crippen LogP contribution in [0.15, 0.2) is 66.7 Å². The molecule has 0 unspecified atom stereocenters. The molecule has 174 valence electrons. The molecule has 4 rings (SSSR count). The van der Waals surface area contributed by atoms with Gasteiger partial charge in [0.1, 0.15) is 11.5 Å². The number of ether oxygens (including phenoxy) is 1. The van der Waals surface area contributed by atoms with Crippen LogP contribution in [0.3, 0.4) is 0 Å². The minimum absolute atomic E-state index is 0.131. The SMILES string of the molecule is COc1ccc2c(c1)c(CC(=O)NCCc1ccc(O)cc1)c(C)n2C(=O)c1ccc(Cl)cc1. The number of hydrogen-bond acceptors (Lipinski definition) is 4. The van der Waals surface area contributed by atoms with E-state index in [0.29, 0.717) is 40.5 Å². The van der Waals surface area contributed by atoms with E-state index in [1.807, 2.05) is 31.2 Å². The molecule has 6 nitrogen and oxygen atoms in total. The van der Waals surface area contributed by atoms with Crippen LogP contribution in [0.2, 0.25) is 5.02 Å². The van der Waals surface area contributed by atoms with Crippen LogP contribution in [-0.2, 0) is 17.6 Å². The lowest BCUT2D eigenvalue weighted by molar-refractivity contribution is -0.120. The molecule has 0 fully saturated rings. The first-order valence-corrected chi connectivity index (χ1v) is 11.3. The highest BCUT2D eigenvalue weighted by Crippen LogP contribution is 2.31. The number of amides is 1. The number of aromatic nitrogens is 1. The van der Waals surface area contributed by atoms with Gasteiger partial charge in [0.2, 0.25) is 5.91 Å². The summed E-state index contributed by atoms with van der Waals surface area (Å²) in [5, 5.41) is 13.7. The third-order valence-corrected chi connectivity index (χ3v) is 6.10. The molecule has 2 N–H and O–H groups in total. The van der Waals surface area contributed by atoms with Crippen LogP contribution in [0.25, 0.3) is 10.9 Å². The van der Waals surface area contributed by atoms with E-state index in [2.05, 4.69) is 5.32 Å². The monoisotopic (exact) mass is 476 g/mol. The number of rotatable bonds is 7. The molecule has 0 aliphatic rings. The first kappa shape index (κ1) is 23.4. The molecule has 0 atom stereocenters. The Bertz CT molecular complexity index is 1340. The summed E-state index contributed by atoms with van der Waals surface area (Å²) in [5.74, 6) is 0.534. The van der Waals surface area contributed by atoms with Crippen molar-refractivity contribution in [2.24, 2.45) is 0 Å². The number of methoxy groups -OCH3 is 1. The standard InChI is InChI=1S/C27H25ClN2O4/c1-17-23(16-26(32)29-14-13-18-3-9-21(31)10-4-18)24-15-22(34-2)11-12-25(24)30(17)27(33)19-5-7-20(28)8-6-19/h3-12,15,31H,13-14,16H2,1-2H3,(H,29,32). The van der Waals surface area contributed by atoms with Gasteiger partial charge in [0.25, 0.3) is 5.91 Å². The Hall–Kier alpha value is -3.77. The van der Waals surface area contributed by atoms with Crippen LogP contribution >= 0.6 is 11.6 Å². The number of halogens is 1. The fourth-order valence-corrected chi connectivity index (χ4v) is 4.15. The van der Waals surface area contributed by atoms with Gasteiger partial charge >= 0.3 is 0 Å². The largest absolute Gasteiger partial charge is 0.508 e. The van der Waals surface area contributed by atoms with Crippen molar-refractivity contribution < 1.29 is 19.4 Å². The number of nitrogens with zero attached hydrogens (tertiary/aromatic N) is 1. The summed E-state index contributed by atoms with van der Waals surface area (Å²) < 4.78 is 7.02. The summed E-state index contributed by atoms with van der Waals surface area (Å²) in [5.41, 5.74) is 3.72. The van der Waals surface area contributed by atoms with Crippen molar-refractivity contribution in [3.8, 4) is 11.5 Å². The van der Waals surface area contributed by atoms with Gasteiger partial charge in [0.15, 0.2) is 0 Å². The topological polar surface area (TPSA) is 80.6 Å². The second-order valence-corrected chi connectivity index (χ2v) is 8.47. The van der Waals surface area contributed by atoms with E-state index in [-0.39, 0.29) is 24.0 Å². The van der Waals surface area contributed by atoms with E-state index >= 15 is 0 Å². The lowest BCUT2D eigenvalue weighted by Gasteiger charge is -2.08. The van der Waals surface area contributed by atoms with Crippen molar-refractivity contribution in [2.75, 3.05) is 13.7 Å². The summed E-state index contributed by atoms with van der Waals surface area (Å²) in [7, 11) is 1.58. The number of benzene rings is 3. The highest BCUT2D eigenvalue weighted by Gasteiger charge is 2.22. The molecular formula is C27H25ClN2O4. The summed E-state index contributed by atoms with van der Waals surface area (Å²) in [4.78, 5) is 26.2. The average Bonchev–Trinajstić information content (AvgIpc) is 3.10. The number of carbonyl (C=O) groups excluding carboxylic acids is 2. The molecule has 1 aromatic heterocycles. The van der Waals surface area contributed by atoms with Gasteiger partial charge in [-0.3, -0.25) is 14.2 Å². The minimum Gasteiger partial charge on any atom is -0.508 e. The van der Waals surface area contributed by atoms with E-state index in [9.17, 15) is 14.7 Å². The molecule has 0 aliphatic carbocycles. The van der Waals surface area contributed by atoms with Crippen molar-refractivity contribution in [3.05, 3.63) is 94.1 Å². The molecule has 0 spiro atoms. The summed E-state index contributed by atoms with van der Waals surface area (Å²) >= 11 is 5.98. The molecule has 4 aromatic rings. The summed E-state index contributed by atoms with van der Waals surface area (Å²) in [6.07, 6.45) is 0.779. The Morgan fingerprint density at radius 1 is 1.03 bits per heavy atom. The van der Waals surface area contributed by atoms with Gasteiger partial charge in [-0.2, -0.15) is 0 Å². The van der Waals surface area contributed by atoms with E-state index in [1.54, 1.807) is 54.1 Å². The normalized spacial score (nSPS) is 10.9. The molecule has 3 aromatic carbocycles. The number of phenols is 1. The van der Waals surface area contributed by atoms with E-state index in [1.165, 1.54) is 0 Å². The molecule has 34 heavy (non-hydrogen) atoms. The van der Waals surface area contributed by atoms with Crippen LogP contribution in [-0.4, -0.2) is 35.1 Å². The lowest BCUT2D eigenvalue weighted by atomic mass is 10.1. The van der Waals surface area contributed by atoms with Gasteiger partial charge < -0.3 is 15.2 Å². The van der Waals surface area contributed by atoms with Gasteiger partial charge in [0, 0.05) is 28.2 Å². The van der Waals surface area contributed by atoms with Crippen molar-refractivity contribution in [1.82, 2.24) is 9.88 Å². The van der Waals surface area contributed by atoms with Gasteiger partial charge in [-0.05, 0) is 79.1 Å². The third-order valence-electron chi connectivity index (χ3n) is 5.85. The van der Waals surface area contributed by atoms with Gasteiger partial charge in [-0.25, -0.2) is 0 Å². The van der Waals surface area contributed by atoms with Crippen molar-refractivity contribution >= 4 is 34.3 Å². The first-order valence-electron chi connectivity index (χ1n) is 10.9. The Labute approximate surface area is 202 Å². The third kappa shape index (κ3) is 4.92. The minimum atomic E-state index is -0.191. The quantitative estimate of drug-likeness (QED) is 0.397. The van der Waals surface area contributed by atoms with Gasteiger partial charge in [-0.15, -0.1) is 0 Å². The molecule has 0 radical (unpaired) electrons. The van der Waals surface area contributed by atoms with Crippen molar-refractivity contribution in [1.29, 1.82) is 0 Å². The molecule has 0 aliphatic heterocycles. The van der Waals surface area contributed by atoms with Crippen LogP contribution in [0.1, 0.15) is 27.2 Å². The Kier molecular flexibility index (Phi) is 6.89. The predicted octanol–water partition coefficient (Wildman–Crippen LogP) is 4.91. The molecule has 7 heteroatoms. The Balaban J connectivity index is 1.60. The summed E-state index contributed by atoms with van der Waals surface area (Å²) in [6, 6.07) is 19.1. The van der Waals surface area contributed by atoms with Crippen LogP contribution < -0.4 is 10.1 Å². The Morgan fingerprint density at radius 2 is 1.74 bits per heavy atom. The zero-order valence-corrected chi connectivity index (χ0v) is 19.7. The van der Waals surface area contributed by atoms with Gasteiger partial charge in [-0.1, -0.05) is 23.7 Å². The predicted molar refractivity (Wildman–Crippen MR) is 133 cm³/mol. The van der Waals surface area contributed by atoms with Crippen LogP contribution in [0.5, 0.6) is 11.5 Å². The number of aromatic hydroxyl groups is 1. The van der Waals surface area contributed by atoms with Crippen LogP contribution in [0.4, 0.5) is 0 Å². The smallest absolute Gasteiger partial charge is 0.262 e. The number of fused-ring (bicyclic) bond motifs is 1.